The Morgan fingerprint density at radius 3 is 2.00 bits per heavy atom. The maximum absolute atomic E-state index is 13.7. The Morgan fingerprint density at radius 2 is 1.36 bits per heavy atom. The lowest BCUT2D eigenvalue weighted by molar-refractivity contribution is -0.120. The molecule has 0 aliphatic carbocycles. The molecule has 3 aromatic rings. The number of methoxy groups -OCH3 is 2. The molecule has 1 heterocycles. The van der Waals surface area contributed by atoms with Crippen molar-refractivity contribution in [2.24, 2.45) is 0 Å². The first-order valence-electron chi connectivity index (χ1n) is 10.4. The Balaban J connectivity index is 1.84. The van der Waals surface area contributed by atoms with Gasteiger partial charge in [0.2, 0.25) is 0 Å². The van der Waals surface area contributed by atoms with E-state index in [-0.39, 0.29) is 11.3 Å². The second-order valence-electron chi connectivity index (χ2n) is 7.63. The zero-order chi connectivity index (χ0) is 23.5. The lowest BCUT2D eigenvalue weighted by atomic mass is 10.0. The van der Waals surface area contributed by atoms with Gasteiger partial charge in [0.15, 0.2) is 0 Å². The van der Waals surface area contributed by atoms with E-state index in [1.807, 2.05) is 49.3 Å². The number of amides is 2. The average Bonchev–Trinajstić information content (AvgIpc) is 3.08. The van der Waals surface area contributed by atoms with E-state index >= 15 is 0 Å². The molecule has 1 aliphatic rings. The molecule has 0 spiro atoms. The first-order chi connectivity index (χ1) is 16.0. The monoisotopic (exact) mass is 443 g/mol. The number of imide groups is 1. The third-order valence-electron chi connectivity index (χ3n) is 5.44. The SMILES string of the molecule is COc1ccccc1C1=C(Nc2ccc(N(C)C)cc2)C(=O)N(c2ccccc2OC)C1=O. The van der Waals surface area contributed by atoms with Crippen LogP contribution < -0.4 is 24.6 Å². The van der Waals surface area contributed by atoms with Gasteiger partial charge in [0.05, 0.1) is 25.5 Å². The van der Waals surface area contributed by atoms with Crippen molar-refractivity contribution in [3.05, 3.63) is 84.1 Å². The number of hydrogen-bond donors (Lipinski definition) is 1. The maximum Gasteiger partial charge on any atom is 0.282 e. The van der Waals surface area contributed by atoms with E-state index in [0.29, 0.717) is 28.4 Å². The lowest BCUT2D eigenvalue weighted by Crippen LogP contribution is -2.32. The Kier molecular flexibility index (Phi) is 6.04. The van der Waals surface area contributed by atoms with Crippen LogP contribution in [-0.2, 0) is 9.59 Å². The molecule has 0 saturated heterocycles. The van der Waals surface area contributed by atoms with Gasteiger partial charge >= 0.3 is 0 Å². The number of benzene rings is 3. The summed E-state index contributed by atoms with van der Waals surface area (Å²) in [4.78, 5) is 30.4. The molecule has 7 nitrogen and oxygen atoms in total. The van der Waals surface area contributed by atoms with Crippen LogP contribution in [0.25, 0.3) is 5.57 Å². The third-order valence-corrected chi connectivity index (χ3v) is 5.44. The fraction of sp³-hybridized carbons (Fsp3) is 0.154. The normalized spacial score (nSPS) is 13.4. The summed E-state index contributed by atoms with van der Waals surface area (Å²) in [7, 11) is 6.94. The Morgan fingerprint density at radius 1 is 0.758 bits per heavy atom. The van der Waals surface area contributed by atoms with Gasteiger partial charge in [-0.05, 0) is 42.5 Å². The summed E-state index contributed by atoms with van der Waals surface area (Å²) in [5.74, 6) is -0.00329. The van der Waals surface area contributed by atoms with Crippen molar-refractivity contribution in [2.75, 3.05) is 43.4 Å². The standard InChI is InChI=1S/C26H25N3O4/c1-28(2)18-15-13-17(14-16-18)27-24-23(19-9-5-7-11-21(19)32-3)25(30)29(26(24)31)20-10-6-8-12-22(20)33-4/h5-16,27H,1-4H3. The van der Waals surface area contributed by atoms with E-state index in [2.05, 4.69) is 5.32 Å². The first-order valence-corrected chi connectivity index (χ1v) is 10.4. The highest BCUT2D eigenvalue weighted by Crippen LogP contribution is 2.40. The van der Waals surface area contributed by atoms with Crippen molar-refractivity contribution in [2.45, 2.75) is 0 Å². The smallest absolute Gasteiger partial charge is 0.282 e. The van der Waals surface area contributed by atoms with Crippen molar-refractivity contribution in [1.29, 1.82) is 0 Å². The van der Waals surface area contributed by atoms with Gasteiger partial charge in [0.25, 0.3) is 11.8 Å². The molecule has 0 radical (unpaired) electrons. The molecule has 0 bridgehead atoms. The van der Waals surface area contributed by atoms with Crippen molar-refractivity contribution in [3.8, 4) is 11.5 Å². The Bertz CT molecular complexity index is 1230. The molecule has 168 valence electrons. The highest BCUT2D eigenvalue weighted by molar-refractivity contribution is 6.46. The molecule has 0 unspecified atom stereocenters. The number of carbonyl (C=O) groups excluding carboxylic acids is 2. The molecular weight excluding hydrogens is 418 g/mol. The first kappa shape index (κ1) is 22.0. The summed E-state index contributed by atoms with van der Waals surface area (Å²) in [5, 5.41) is 3.18. The van der Waals surface area contributed by atoms with Crippen LogP contribution in [0.2, 0.25) is 0 Å². The number of para-hydroxylation sites is 3. The predicted octanol–water partition coefficient (Wildman–Crippen LogP) is 4.17. The van der Waals surface area contributed by atoms with Crippen molar-refractivity contribution in [3.63, 3.8) is 0 Å². The van der Waals surface area contributed by atoms with E-state index in [9.17, 15) is 9.59 Å². The van der Waals surface area contributed by atoms with Crippen LogP contribution >= 0.6 is 0 Å². The molecule has 7 heteroatoms. The zero-order valence-corrected chi connectivity index (χ0v) is 19.0. The minimum Gasteiger partial charge on any atom is -0.496 e. The molecule has 33 heavy (non-hydrogen) atoms. The van der Waals surface area contributed by atoms with Gasteiger partial charge in [0, 0.05) is 31.0 Å². The quantitative estimate of drug-likeness (QED) is 0.553. The molecule has 4 rings (SSSR count). The van der Waals surface area contributed by atoms with Gasteiger partial charge in [-0.25, -0.2) is 4.90 Å². The topological polar surface area (TPSA) is 71.1 Å². The fourth-order valence-electron chi connectivity index (χ4n) is 3.77. The molecule has 0 saturated carbocycles. The van der Waals surface area contributed by atoms with Gasteiger partial charge in [-0.15, -0.1) is 0 Å². The molecule has 0 fully saturated rings. The van der Waals surface area contributed by atoms with E-state index in [1.54, 1.807) is 42.5 Å². The lowest BCUT2D eigenvalue weighted by Gasteiger charge is -2.18. The van der Waals surface area contributed by atoms with Crippen LogP contribution in [0.5, 0.6) is 11.5 Å². The number of nitrogens with one attached hydrogen (secondary N) is 1. The van der Waals surface area contributed by atoms with Gasteiger partial charge in [-0.3, -0.25) is 9.59 Å². The zero-order valence-electron chi connectivity index (χ0n) is 19.0. The summed E-state index contributed by atoms with van der Waals surface area (Å²) in [5.41, 5.74) is 3.02. The molecule has 1 aliphatic heterocycles. The minimum absolute atomic E-state index is 0.174. The minimum atomic E-state index is -0.470. The maximum atomic E-state index is 13.7. The molecule has 1 N–H and O–H groups in total. The third kappa shape index (κ3) is 4.01. The van der Waals surface area contributed by atoms with Gasteiger partial charge in [0.1, 0.15) is 17.2 Å². The van der Waals surface area contributed by atoms with Crippen molar-refractivity contribution in [1.82, 2.24) is 0 Å². The number of carbonyl (C=O) groups is 2. The molecular formula is C26H25N3O4. The number of hydrogen-bond acceptors (Lipinski definition) is 6. The fourth-order valence-corrected chi connectivity index (χ4v) is 3.77. The predicted molar refractivity (Wildman–Crippen MR) is 130 cm³/mol. The molecule has 0 atom stereocenters. The molecule has 0 aromatic heterocycles. The van der Waals surface area contributed by atoms with Crippen LogP contribution in [0.15, 0.2) is 78.5 Å². The number of rotatable bonds is 7. The number of anilines is 3. The molecule has 3 aromatic carbocycles. The van der Waals surface area contributed by atoms with Crippen LogP contribution in [-0.4, -0.2) is 40.1 Å². The average molecular weight is 444 g/mol. The van der Waals surface area contributed by atoms with Gasteiger partial charge < -0.3 is 19.7 Å². The largest absolute Gasteiger partial charge is 0.496 e. The number of nitrogens with zero attached hydrogens (tertiary/aromatic N) is 2. The second-order valence-corrected chi connectivity index (χ2v) is 7.63. The van der Waals surface area contributed by atoms with Crippen LogP contribution in [0.4, 0.5) is 17.1 Å². The number of ether oxygens (including phenoxy) is 2. The van der Waals surface area contributed by atoms with Crippen molar-refractivity contribution >= 4 is 34.4 Å². The van der Waals surface area contributed by atoms with Gasteiger partial charge in [-0.2, -0.15) is 0 Å². The van der Waals surface area contributed by atoms with Crippen LogP contribution in [0, 0.1) is 0 Å². The van der Waals surface area contributed by atoms with E-state index < -0.39 is 11.8 Å². The summed E-state index contributed by atoms with van der Waals surface area (Å²) in [6.07, 6.45) is 0. The summed E-state index contributed by atoms with van der Waals surface area (Å²) in [6.45, 7) is 0. The van der Waals surface area contributed by atoms with E-state index in [1.165, 1.54) is 14.2 Å². The highest BCUT2D eigenvalue weighted by atomic mass is 16.5. The van der Waals surface area contributed by atoms with Gasteiger partial charge in [-0.1, -0.05) is 30.3 Å². The molecule has 2 amide bonds. The van der Waals surface area contributed by atoms with E-state index in [4.69, 9.17) is 9.47 Å². The summed E-state index contributed by atoms with van der Waals surface area (Å²) in [6, 6.07) is 21.7. The Labute approximate surface area is 192 Å². The van der Waals surface area contributed by atoms with E-state index in [0.717, 1.165) is 10.6 Å². The summed E-state index contributed by atoms with van der Waals surface area (Å²) < 4.78 is 10.9. The van der Waals surface area contributed by atoms with Crippen LogP contribution in [0.1, 0.15) is 5.56 Å². The van der Waals surface area contributed by atoms with Crippen LogP contribution in [0.3, 0.4) is 0 Å². The Hall–Kier alpha value is -4.26. The highest BCUT2D eigenvalue weighted by Gasteiger charge is 2.42. The second kappa shape index (κ2) is 9.08. The summed E-state index contributed by atoms with van der Waals surface area (Å²) >= 11 is 0. The van der Waals surface area contributed by atoms with Crippen molar-refractivity contribution < 1.29 is 19.1 Å².